The highest BCUT2D eigenvalue weighted by molar-refractivity contribution is 5.77. The first-order chi connectivity index (χ1) is 20.0. The number of aromatic nitrogens is 2. The maximum Gasteiger partial charge on any atom is 0.326 e. The summed E-state index contributed by atoms with van der Waals surface area (Å²) in [6.45, 7) is 2.13. The van der Waals surface area contributed by atoms with E-state index in [1.54, 1.807) is 6.20 Å². The van der Waals surface area contributed by atoms with Crippen LogP contribution in [-0.4, -0.2) is 77.8 Å². The number of aryl methyl sites for hydroxylation is 2. The largest absolute Gasteiger partial charge is 0.480 e. The van der Waals surface area contributed by atoms with E-state index in [-0.39, 0.29) is 6.61 Å². The highest BCUT2D eigenvalue weighted by atomic mass is 19.3. The molecule has 0 bridgehead atoms. The van der Waals surface area contributed by atoms with Gasteiger partial charge in [0.05, 0.1) is 6.61 Å². The van der Waals surface area contributed by atoms with Gasteiger partial charge in [0, 0.05) is 31.5 Å². The summed E-state index contributed by atoms with van der Waals surface area (Å²) >= 11 is 0. The molecule has 0 saturated carbocycles. The average molecular weight is 568 g/mol. The van der Waals surface area contributed by atoms with Crippen LogP contribution >= 0.6 is 0 Å². The number of carboxylic acids is 1. The van der Waals surface area contributed by atoms with Crippen molar-refractivity contribution in [2.45, 2.75) is 51.0 Å². The fourth-order valence-corrected chi connectivity index (χ4v) is 4.92. The number of hydrogen-bond donors (Lipinski definition) is 3. The molecule has 0 saturated heterocycles. The van der Waals surface area contributed by atoms with Crippen molar-refractivity contribution < 1.29 is 23.4 Å². The molecule has 0 aliphatic carbocycles. The number of anilines is 2. The normalized spacial score (nSPS) is 13.6. The lowest BCUT2D eigenvalue weighted by molar-refractivity contribution is -0.138. The van der Waals surface area contributed by atoms with E-state index in [9.17, 15) is 18.7 Å². The Hall–Kier alpha value is -3.63. The molecule has 10 heteroatoms. The minimum atomic E-state index is -2.51. The van der Waals surface area contributed by atoms with Gasteiger partial charge in [0.2, 0.25) is 0 Å². The van der Waals surface area contributed by atoms with Gasteiger partial charge in [0.1, 0.15) is 24.3 Å². The predicted octanol–water partition coefficient (Wildman–Crippen LogP) is 5.36. The number of halogens is 2. The zero-order valence-electron chi connectivity index (χ0n) is 23.3. The highest BCUT2D eigenvalue weighted by Gasteiger charge is 2.20. The average Bonchev–Trinajstić information content (AvgIpc) is 2.99. The molecule has 0 fully saturated rings. The Kier molecular flexibility index (Phi) is 11.8. The summed E-state index contributed by atoms with van der Waals surface area (Å²) in [6.07, 6.45) is 4.26. The number of aliphatic carboxylic acids is 1. The number of nitrogens with one attached hydrogen (secondary N) is 2. The van der Waals surface area contributed by atoms with Gasteiger partial charge in [0.25, 0.3) is 6.43 Å². The molecule has 0 unspecified atom stereocenters. The second kappa shape index (κ2) is 16.0. The van der Waals surface area contributed by atoms with Crippen molar-refractivity contribution in [2.75, 3.05) is 50.0 Å². The molecule has 0 radical (unpaired) electrons. The van der Waals surface area contributed by atoms with Gasteiger partial charge in [-0.15, -0.1) is 0 Å². The number of carbonyl (C=O) groups is 1. The molecule has 41 heavy (non-hydrogen) atoms. The van der Waals surface area contributed by atoms with E-state index in [0.717, 1.165) is 61.3 Å². The number of nitrogens with zero attached hydrogens (tertiary/aromatic N) is 3. The van der Waals surface area contributed by atoms with Crippen LogP contribution in [0, 0.1) is 0 Å². The summed E-state index contributed by atoms with van der Waals surface area (Å²) in [4.78, 5) is 23.3. The molecule has 0 amide bonds. The van der Waals surface area contributed by atoms with E-state index < -0.39 is 25.0 Å². The molecule has 3 N–H and O–H groups in total. The lowest BCUT2D eigenvalue weighted by Crippen LogP contribution is -2.37. The van der Waals surface area contributed by atoms with Gasteiger partial charge < -0.3 is 25.4 Å². The van der Waals surface area contributed by atoms with Gasteiger partial charge >= 0.3 is 5.97 Å². The fourth-order valence-electron chi connectivity index (χ4n) is 4.92. The smallest absolute Gasteiger partial charge is 0.326 e. The molecule has 1 aliphatic heterocycles. The monoisotopic (exact) mass is 567 g/mol. The first kappa shape index (κ1) is 30.3. The molecule has 1 aliphatic rings. The molecule has 0 spiro atoms. The van der Waals surface area contributed by atoms with Crippen molar-refractivity contribution >= 4 is 17.6 Å². The maximum atomic E-state index is 12.5. The Morgan fingerprint density at radius 3 is 2.73 bits per heavy atom. The number of hydrogen-bond acceptors (Lipinski definition) is 7. The van der Waals surface area contributed by atoms with E-state index >= 15 is 0 Å². The minimum absolute atomic E-state index is 0.161. The van der Waals surface area contributed by atoms with Crippen LogP contribution in [0.25, 0.3) is 11.1 Å². The fraction of sp³-hybridized carbons (Fsp3) is 0.452. The molecule has 3 aromatic rings. The summed E-state index contributed by atoms with van der Waals surface area (Å²) in [5.74, 6) is 0.498. The van der Waals surface area contributed by atoms with Crippen molar-refractivity contribution in [1.82, 2.24) is 14.9 Å². The van der Waals surface area contributed by atoms with Crippen molar-refractivity contribution in [3.63, 3.8) is 0 Å². The first-order valence-corrected chi connectivity index (χ1v) is 14.3. The molecule has 8 nitrogen and oxygen atoms in total. The zero-order valence-corrected chi connectivity index (χ0v) is 23.3. The molecule has 3 heterocycles. The number of benzene rings is 1. The predicted molar refractivity (Wildman–Crippen MR) is 157 cm³/mol. The molecular formula is C31H39F2N5O3. The number of fused-ring (bicyclic) bond motifs is 1. The van der Waals surface area contributed by atoms with Gasteiger partial charge in [-0.05, 0) is 80.0 Å². The molecular weight excluding hydrogens is 528 g/mol. The second-order valence-corrected chi connectivity index (χ2v) is 10.2. The number of carboxylic acid groups (broad SMARTS) is 1. The topological polar surface area (TPSA) is 99.6 Å². The molecule has 2 aromatic heterocycles. The summed E-state index contributed by atoms with van der Waals surface area (Å²) < 4.78 is 30.2. The molecule has 1 atom stereocenters. The Morgan fingerprint density at radius 2 is 1.93 bits per heavy atom. The van der Waals surface area contributed by atoms with Crippen LogP contribution in [-0.2, 0) is 22.4 Å². The SMILES string of the molecule is O=C(O)[C@H](CCN(CCCCc1ccc2c(n1)NCCC2)CCOCC(F)F)Nc1cc(-c2ccccc2)ccn1. The minimum Gasteiger partial charge on any atom is -0.480 e. The lowest BCUT2D eigenvalue weighted by atomic mass is 10.1. The van der Waals surface area contributed by atoms with E-state index in [1.165, 1.54) is 5.56 Å². The lowest BCUT2D eigenvalue weighted by Gasteiger charge is -2.24. The van der Waals surface area contributed by atoms with E-state index in [0.29, 0.717) is 31.9 Å². The van der Waals surface area contributed by atoms with Crippen LogP contribution in [0.3, 0.4) is 0 Å². The number of pyridine rings is 2. The zero-order chi connectivity index (χ0) is 28.9. The summed E-state index contributed by atoms with van der Waals surface area (Å²) in [6, 6.07) is 16.9. The maximum absolute atomic E-state index is 12.5. The Labute approximate surface area is 240 Å². The van der Waals surface area contributed by atoms with Crippen molar-refractivity contribution in [1.29, 1.82) is 0 Å². The number of alkyl halides is 2. The standard InChI is InChI=1S/C31H39F2N5O3/c32-28(33)22-41-20-19-38(17-5-4-10-26-12-11-24-9-6-15-35-30(24)36-26)18-14-27(31(39)40)37-29-21-25(13-16-34-29)23-7-2-1-3-8-23/h1-3,7-8,11-13,16,21,27-28H,4-6,9-10,14-15,17-20,22H2,(H,34,37)(H,35,36)(H,39,40)/t27-/m0/s1. The quantitative estimate of drug-likeness (QED) is 0.188. The van der Waals surface area contributed by atoms with Crippen LogP contribution in [0.5, 0.6) is 0 Å². The summed E-state index contributed by atoms with van der Waals surface area (Å²) in [5, 5.41) is 16.3. The third kappa shape index (κ3) is 10.1. The third-order valence-corrected chi connectivity index (χ3v) is 7.13. The van der Waals surface area contributed by atoms with Gasteiger partial charge in [-0.25, -0.2) is 23.5 Å². The molecule has 220 valence electrons. The number of ether oxygens (including phenoxy) is 1. The van der Waals surface area contributed by atoms with Crippen LogP contribution in [0.15, 0.2) is 60.8 Å². The van der Waals surface area contributed by atoms with Crippen LogP contribution in [0.2, 0.25) is 0 Å². The van der Waals surface area contributed by atoms with Crippen molar-refractivity contribution in [3.8, 4) is 11.1 Å². The summed E-state index contributed by atoms with van der Waals surface area (Å²) in [5.41, 5.74) is 4.26. The second-order valence-electron chi connectivity index (χ2n) is 10.2. The van der Waals surface area contributed by atoms with Crippen LogP contribution in [0.4, 0.5) is 20.4 Å². The Balaban J connectivity index is 1.30. The summed E-state index contributed by atoms with van der Waals surface area (Å²) in [7, 11) is 0. The van der Waals surface area contributed by atoms with Gasteiger partial charge in [0.15, 0.2) is 0 Å². The van der Waals surface area contributed by atoms with E-state index in [2.05, 4.69) is 32.7 Å². The van der Waals surface area contributed by atoms with Crippen LogP contribution in [0.1, 0.15) is 36.9 Å². The highest BCUT2D eigenvalue weighted by Crippen LogP contribution is 2.22. The van der Waals surface area contributed by atoms with E-state index in [1.807, 2.05) is 42.5 Å². The molecule has 4 rings (SSSR count). The van der Waals surface area contributed by atoms with Crippen molar-refractivity contribution in [3.05, 3.63) is 72.1 Å². The van der Waals surface area contributed by atoms with Crippen LogP contribution < -0.4 is 10.6 Å². The Morgan fingerprint density at radius 1 is 1.07 bits per heavy atom. The number of rotatable bonds is 17. The first-order valence-electron chi connectivity index (χ1n) is 14.3. The van der Waals surface area contributed by atoms with Gasteiger partial charge in [-0.3, -0.25) is 0 Å². The molecule has 1 aromatic carbocycles. The van der Waals surface area contributed by atoms with Crippen molar-refractivity contribution in [2.24, 2.45) is 0 Å². The van der Waals surface area contributed by atoms with Gasteiger partial charge in [-0.2, -0.15) is 0 Å². The Bertz CT molecular complexity index is 1230. The van der Waals surface area contributed by atoms with Gasteiger partial charge in [-0.1, -0.05) is 36.4 Å². The third-order valence-electron chi connectivity index (χ3n) is 7.13. The van der Waals surface area contributed by atoms with E-state index in [4.69, 9.17) is 9.72 Å². The number of unbranched alkanes of at least 4 members (excludes halogenated alkanes) is 1.